The topological polar surface area (TPSA) is 64.1 Å². The van der Waals surface area contributed by atoms with Gasteiger partial charge in [-0.15, -0.1) is 0 Å². The van der Waals surface area contributed by atoms with Crippen LogP contribution >= 0.6 is 0 Å². The van der Waals surface area contributed by atoms with Crippen molar-refractivity contribution in [3.63, 3.8) is 0 Å². The zero-order chi connectivity index (χ0) is 18.4. The minimum atomic E-state index is -0.136. The van der Waals surface area contributed by atoms with Crippen molar-refractivity contribution in [2.45, 2.75) is 13.8 Å². The maximum atomic E-state index is 13.0. The van der Waals surface area contributed by atoms with E-state index in [9.17, 15) is 9.59 Å². The molecule has 0 unspecified atom stereocenters. The predicted molar refractivity (Wildman–Crippen MR) is 99.8 cm³/mol. The highest BCUT2D eigenvalue weighted by Gasteiger charge is 2.26. The second kappa shape index (κ2) is 6.25. The van der Waals surface area contributed by atoms with Crippen LogP contribution < -0.4 is 10.5 Å². The fraction of sp³-hybridized carbons (Fsp3) is 0.421. The first-order valence-corrected chi connectivity index (χ1v) is 9.11. The first-order valence-electron chi connectivity index (χ1n) is 9.11. The number of rotatable bonds is 2. The lowest BCUT2D eigenvalue weighted by Crippen LogP contribution is -3.14. The van der Waals surface area contributed by atoms with Crippen molar-refractivity contribution >= 4 is 22.6 Å². The monoisotopic (exact) mass is 354 g/mol. The molecular formula is C19H24N5O2+. The van der Waals surface area contributed by atoms with Crippen molar-refractivity contribution in [3.05, 3.63) is 46.0 Å². The Hall–Kier alpha value is -2.67. The molecular weight excluding hydrogens is 330 g/mol. The maximum absolute atomic E-state index is 13.0. The van der Waals surface area contributed by atoms with Gasteiger partial charge in [0.15, 0.2) is 0 Å². The van der Waals surface area contributed by atoms with E-state index in [1.54, 1.807) is 21.2 Å². The van der Waals surface area contributed by atoms with Gasteiger partial charge in [-0.2, -0.15) is 0 Å². The van der Waals surface area contributed by atoms with Crippen LogP contribution in [0.15, 0.2) is 29.2 Å². The lowest BCUT2D eigenvalue weighted by molar-refractivity contribution is -0.902. The highest BCUT2D eigenvalue weighted by atomic mass is 16.2. The van der Waals surface area contributed by atoms with Gasteiger partial charge in [-0.3, -0.25) is 14.0 Å². The molecule has 0 aromatic carbocycles. The van der Waals surface area contributed by atoms with Gasteiger partial charge < -0.3 is 14.4 Å². The molecule has 0 spiro atoms. The third-order valence-corrected chi connectivity index (χ3v) is 5.50. The molecule has 4 heterocycles. The van der Waals surface area contributed by atoms with Crippen LogP contribution in [0.3, 0.4) is 0 Å². The molecule has 3 aromatic heterocycles. The Morgan fingerprint density at radius 1 is 1.27 bits per heavy atom. The van der Waals surface area contributed by atoms with Crippen molar-refractivity contribution in [1.29, 1.82) is 0 Å². The average Bonchev–Trinajstić information content (AvgIpc) is 2.99. The van der Waals surface area contributed by atoms with Gasteiger partial charge in [0.25, 0.3) is 11.5 Å². The molecule has 0 radical (unpaired) electrons. The number of pyridine rings is 1. The Morgan fingerprint density at radius 2 is 2.00 bits per heavy atom. The molecule has 26 heavy (non-hydrogen) atoms. The van der Waals surface area contributed by atoms with E-state index in [2.05, 4.69) is 11.9 Å². The summed E-state index contributed by atoms with van der Waals surface area (Å²) in [6, 6.07) is 5.46. The largest absolute Gasteiger partial charge is 0.332 e. The van der Waals surface area contributed by atoms with Crippen LogP contribution in [-0.2, 0) is 7.05 Å². The molecule has 3 aromatic rings. The number of nitrogens with one attached hydrogen (secondary N) is 1. The number of nitrogens with zero attached hydrogens (tertiary/aromatic N) is 4. The molecule has 136 valence electrons. The number of aromatic nitrogens is 3. The van der Waals surface area contributed by atoms with E-state index in [4.69, 9.17) is 0 Å². The van der Waals surface area contributed by atoms with Gasteiger partial charge in [0.1, 0.15) is 17.0 Å². The second-order valence-electron chi connectivity index (χ2n) is 7.02. The fourth-order valence-electron chi connectivity index (χ4n) is 3.78. The van der Waals surface area contributed by atoms with Gasteiger partial charge in [-0.1, -0.05) is 6.07 Å². The van der Waals surface area contributed by atoms with E-state index < -0.39 is 0 Å². The van der Waals surface area contributed by atoms with E-state index in [1.807, 2.05) is 31.0 Å². The van der Waals surface area contributed by atoms with E-state index in [1.165, 1.54) is 4.90 Å². The van der Waals surface area contributed by atoms with E-state index >= 15 is 0 Å². The quantitative estimate of drug-likeness (QED) is 0.697. The summed E-state index contributed by atoms with van der Waals surface area (Å²) in [6.07, 6.45) is 1.72. The van der Waals surface area contributed by atoms with E-state index in [-0.39, 0.29) is 11.5 Å². The van der Waals surface area contributed by atoms with E-state index in [0.717, 1.165) is 38.3 Å². The summed E-state index contributed by atoms with van der Waals surface area (Å²) in [5.74, 6) is -0.0224. The number of likely N-dealkylation sites (N-methyl/N-ethyl adjacent to an activating group) is 1. The van der Waals surface area contributed by atoms with Crippen LogP contribution in [0.5, 0.6) is 0 Å². The number of carbonyl (C=O) groups excluding carboxylic acids is 1. The minimum absolute atomic E-state index is 0.0224. The molecule has 7 heteroatoms. The lowest BCUT2D eigenvalue weighted by Gasteiger charge is -2.31. The fourth-order valence-corrected chi connectivity index (χ4v) is 3.78. The molecule has 1 fully saturated rings. The summed E-state index contributed by atoms with van der Waals surface area (Å²) >= 11 is 0. The minimum Gasteiger partial charge on any atom is -0.332 e. The molecule has 4 rings (SSSR count). The summed E-state index contributed by atoms with van der Waals surface area (Å²) in [4.78, 5) is 34.0. The lowest BCUT2D eigenvalue weighted by atomic mass is 10.2. The van der Waals surface area contributed by atoms with Crippen molar-refractivity contribution in [2.24, 2.45) is 7.05 Å². The van der Waals surface area contributed by atoms with Gasteiger partial charge in [0.05, 0.1) is 38.1 Å². The zero-order valence-corrected chi connectivity index (χ0v) is 15.5. The number of hydrogen-bond donors (Lipinski definition) is 1. The van der Waals surface area contributed by atoms with Gasteiger partial charge in [0, 0.05) is 13.2 Å². The Bertz CT molecular complexity index is 1060. The average molecular weight is 354 g/mol. The summed E-state index contributed by atoms with van der Waals surface area (Å²) < 4.78 is 3.31. The number of hydrogen-bond acceptors (Lipinski definition) is 3. The molecule has 0 atom stereocenters. The molecule has 0 aliphatic carbocycles. The number of aryl methyl sites for hydroxylation is 2. The van der Waals surface area contributed by atoms with Crippen LogP contribution in [0, 0.1) is 6.92 Å². The molecule has 0 saturated carbocycles. The normalized spacial score (nSPS) is 15.9. The van der Waals surface area contributed by atoms with Crippen LogP contribution in [0.2, 0.25) is 0 Å². The Labute approximate surface area is 151 Å². The SMILES string of the molecule is CC[NH+]1CCN(C(=O)c2cc3c(=O)n4cccc(C)c4nc3n2C)CC1. The first-order chi connectivity index (χ1) is 12.5. The van der Waals surface area contributed by atoms with Gasteiger partial charge in [0.2, 0.25) is 0 Å². The summed E-state index contributed by atoms with van der Waals surface area (Å²) in [5.41, 5.74) is 2.51. The maximum Gasteiger partial charge on any atom is 0.270 e. The van der Waals surface area contributed by atoms with Gasteiger partial charge in [-0.05, 0) is 31.5 Å². The molecule has 1 amide bonds. The summed E-state index contributed by atoms with van der Waals surface area (Å²) in [7, 11) is 1.81. The Kier molecular flexibility index (Phi) is 4.03. The second-order valence-corrected chi connectivity index (χ2v) is 7.02. The van der Waals surface area contributed by atoms with Gasteiger partial charge >= 0.3 is 0 Å². The third kappa shape index (κ3) is 2.50. The number of fused-ring (bicyclic) bond motifs is 2. The van der Waals surface area contributed by atoms with Crippen molar-refractivity contribution < 1.29 is 9.69 Å². The van der Waals surface area contributed by atoms with Crippen molar-refractivity contribution in [1.82, 2.24) is 18.9 Å². The van der Waals surface area contributed by atoms with Crippen LogP contribution in [0.1, 0.15) is 23.0 Å². The van der Waals surface area contributed by atoms with Crippen molar-refractivity contribution in [3.8, 4) is 0 Å². The highest BCUT2D eigenvalue weighted by Crippen LogP contribution is 2.17. The summed E-state index contributed by atoms with van der Waals surface area (Å²) in [5, 5.41) is 0.483. The number of quaternary nitrogens is 1. The first kappa shape index (κ1) is 16.8. The van der Waals surface area contributed by atoms with Crippen LogP contribution in [-0.4, -0.2) is 57.5 Å². The summed E-state index contributed by atoms with van der Waals surface area (Å²) in [6.45, 7) is 8.61. The highest BCUT2D eigenvalue weighted by molar-refractivity contribution is 5.98. The molecule has 0 bridgehead atoms. The predicted octanol–water partition coefficient (Wildman–Crippen LogP) is -0.145. The molecule has 1 saturated heterocycles. The molecule has 1 aliphatic heterocycles. The van der Waals surface area contributed by atoms with Crippen LogP contribution in [0.25, 0.3) is 16.7 Å². The Morgan fingerprint density at radius 3 is 2.69 bits per heavy atom. The smallest absolute Gasteiger partial charge is 0.270 e. The Balaban J connectivity index is 1.80. The zero-order valence-electron chi connectivity index (χ0n) is 15.5. The molecule has 7 nitrogen and oxygen atoms in total. The number of amides is 1. The number of piperazine rings is 1. The van der Waals surface area contributed by atoms with Crippen LogP contribution in [0.4, 0.5) is 0 Å². The molecule has 1 N–H and O–H groups in total. The standard InChI is InChI=1S/C19H23N5O2/c1-4-22-8-10-23(11-9-22)19(26)15-12-14-17(21(15)3)20-16-13(2)6-5-7-24(16)18(14)25/h5-7,12H,4,8-11H2,1-3H3/p+1. The van der Waals surface area contributed by atoms with Gasteiger partial charge in [-0.25, -0.2) is 4.98 Å². The van der Waals surface area contributed by atoms with Crippen molar-refractivity contribution in [2.75, 3.05) is 32.7 Å². The molecule has 1 aliphatic rings. The number of carbonyl (C=O) groups is 1. The van der Waals surface area contributed by atoms with E-state index in [0.29, 0.717) is 22.4 Å². The third-order valence-electron chi connectivity index (χ3n) is 5.50.